The van der Waals surface area contributed by atoms with E-state index >= 15 is 0 Å². The largest absolute Gasteiger partial charge is 0.494 e. The Morgan fingerprint density at radius 1 is 0.971 bits per heavy atom. The van der Waals surface area contributed by atoms with Crippen LogP contribution in [-0.2, 0) is 4.79 Å². The van der Waals surface area contributed by atoms with Crippen LogP contribution in [0.15, 0.2) is 67.1 Å². The van der Waals surface area contributed by atoms with E-state index in [9.17, 15) is 9.59 Å². The van der Waals surface area contributed by atoms with Crippen LogP contribution in [0.25, 0.3) is 10.9 Å². The Morgan fingerprint density at radius 3 is 2.50 bits per heavy atom. The number of methoxy groups -OCH3 is 1. The third-order valence-electron chi connectivity index (χ3n) is 4.76. The van der Waals surface area contributed by atoms with E-state index in [-0.39, 0.29) is 5.91 Å². The average molecular weight is 452 g/mol. The second-order valence-electron chi connectivity index (χ2n) is 6.99. The molecule has 0 bridgehead atoms. The minimum Gasteiger partial charge on any atom is -0.494 e. The van der Waals surface area contributed by atoms with E-state index in [1.54, 1.807) is 67.7 Å². The van der Waals surface area contributed by atoms with E-state index in [2.05, 4.69) is 42.7 Å². The number of pyridine rings is 1. The quantitative estimate of drug-likeness (QED) is 0.379. The number of nitrogens with zero attached hydrogens (tertiary/aromatic N) is 3. The van der Waals surface area contributed by atoms with Gasteiger partial charge in [0.15, 0.2) is 0 Å². The zero-order valence-corrected chi connectivity index (χ0v) is 18.4. The molecular formula is C25H20N6O3. The van der Waals surface area contributed by atoms with Gasteiger partial charge in [-0.2, -0.15) is 0 Å². The van der Waals surface area contributed by atoms with Crippen LogP contribution < -0.4 is 20.7 Å². The minimum absolute atomic E-state index is 0.264. The van der Waals surface area contributed by atoms with Crippen molar-refractivity contribution in [2.75, 3.05) is 23.1 Å². The molecule has 0 aliphatic carbocycles. The Hall–Kier alpha value is -4.97. The van der Waals surface area contributed by atoms with Crippen molar-refractivity contribution >= 4 is 45.7 Å². The third-order valence-corrected chi connectivity index (χ3v) is 4.76. The van der Waals surface area contributed by atoms with Crippen LogP contribution in [0.4, 0.5) is 23.0 Å². The van der Waals surface area contributed by atoms with Crippen molar-refractivity contribution in [3.8, 4) is 17.6 Å². The predicted molar refractivity (Wildman–Crippen MR) is 130 cm³/mol. The summed E-state index contributed by atoms with van der Waals surface area (Å²) < 4.78 is 5.38. The van der Waals surface area contributed by atoms with E-state index in [1.807, 2.05) is 0 Å². The summed E-state index contributed by atoms with van der Waals surface area (Å²) in [6.45, 7) is 1.58. The van der Waals surface area contributed by atoms with Crippen LogP contribution in [-0.4, -0.2) is 33.9 Å². The highest BCUT2D eigenvalue weighted by atomic mass is 16.5. The van der Waals surface area contributed by atoms with Crippen LogP contribution in [0.3, 0.4) is 0 Å². The normalized spacial score (nSPS) is 10.1. The van der Waals surface area contributed by atoms with Crippen LogP contribution >= 0.6 is 0 Å². The third kappa shape index (κ3) is 5.08. The van der Waals surface area contributed by atoms with Crippen molar-refractivity contribution < 1.29 is 14.3 Å². The Morgan fingerprint density at radius 2 is 1.79 bits per heavy atom. The molecule has 0 spiro atoms. The number of hydrogen-bond donors (Lipinski definition) is 3. The lowest BCUT2D eigenvalue weighted by atomic mass is 10.1. The van der Waals surface area contributed by atoms with Crippen LogP contribution in [0, 0.1) is 11.8 Å². The molecule has 34 heavy (non-hydrogen) atoms. The molecule has 3 N–H and O–H groups in total. The molecule has 0 saturated heterocycles. The summed E-state index contributed by atoms with van der Waals surface area (Å²) in [5.41, 5.74) is 2.27. The number of hydrogen-bond acceptors (Lipinski definition) is 7. The highest BCUT2D eigenvalue weighted by Gasteiger charge is 2.13. The van der Waals surface area contributed by atoms with E-state index in [1.165, 1.54) is 13.4 Å². The van der Waals surface area contributed by atoms with Gasteiger partial charge in [-0.3, -0.25) is 9.59 Å². The molecule has 4 rings (SSSR count). The summed E-state index contributed by atoms with van der Waals surface area (Å²) in [6, 6.07) is 15.7. The summed E-state index contributed by atoms with van der Waals surface area (Å²) in [6.07, 6.45) is 3.04. The highest BCUT2D eigenvalue weighted by Crippen LogP contribution is 2.33. The van der Waals surface area contributed by atoms with E-state index < -0.39 is 5.91 Å². The number of amides is 2. The van der Waals surface area contributed by atoms with Crippen molar-refractivity contribution in [3.05, 3.63) is 72.7 Å². The van der Waals surface area contributed by atoms with Gasteiger partial charge in [0, 0.05) is 28.9 Å². The fourth-order valence-electron chi connectivity index (χ4n) is 3.18. The molecule has 2 aromatic carbocycles. The second kappa shape index (κ2) is 10.1. The molecule has 168 valence electrons. The summed E-state index contributed by atoms with van der Waals surface area (Å²) in [4.78, 5) is 37.1. The minimum atomic E-state index is -0.453. The molecule has 0 fully saturated rings. The molecule has 0 unspecified atom stereocenters. The molecule has 9 heteroatoms. The first-order chi connectivity index (χ1) is 16.6. The van der Waals surface area contributed by atoms with Gasteiger partial charge < -0.3 is 20.7 Å². The maximum Gasteiger partial charge on any atom is 0.300 e. The number of carbonyl (C=O) groups excluding carboxylic acids is 2. The molecule has 9 nitrogen and oxygen atoms in total. The van der Waals surface area contributed by atoms with Gasteiger partial charge in [-0.25, -0.2) is 15.0 Å². The molecule has 0 radical (unpaired) electrons. The Kier molecular flexibility index (Phi) is 6.60. The molecule has 2 amide bonds. The van der Waals surface area contributed by atoms with Gasteiger partial charge in [0.25, 0.3) is 11.8 Å². The zero-order valence-electron chi connectivity index (χ0n) is 18.4. The van der Waals surface area contributed by atoms with Crippen molar-refractivity contribution in [1.29, 1.82) is 0 Å². The van der Waals surface area contributed by atoms with Gasteiger partial charge in [-0.15, -0.1) is 0 Å². The van der Waals surface area contributed by atoms with Crippen molar-refractivity contribution in [3.63, 3.8) is 0 Å². The van der Waals surface area contributed by atoms with Gasteiger partial charge in [0.05, 0.1) is 18.3 Å². The second-order valence-corrected chi connectivity index (χ2v) is 6.99. The molecule has 4 aromatic rings. The molecule has 0 aliphatic rings. The topological polar surface area (TPSA) is 118 Å². The fraction of sp³-hybridized carbons (Fsp3) is 0.0800. The molecule has 0 saturated carbocycles. The van der Waals surface area contributed by atoms with Crippen LogP contribution in [0.5, 0.6) is 5.75 Å². The van der Waals surface area contributed by atoms with Gasteiger partial charge in [-0.1, -0.05) is 12.0 Å². The predicted octanol–water partition coefficient (Wildman–Crippen LogP) is 3.99. The summed E-state index contributed by atoms with van der Waals surface area (Å²) >= 11 is 0. The monoisotopic (exact) mass is 452 g/mol. The number of nitrogens with one attached hydrogen (secondary N) is 3. The van der Waals surface area contributed by atoms with Crippen molar-refractivity contribution in [2.24, 2.45) is 0 Å². The highest BCUT2D eigenvalue weighted by molar-refractivity contribution is 6.07. The van der Waals surface area contributed by atoms with Crippen molar-refractivity contribution in [1.82, 2.24) is 15.0 Å². The Bertz CT molecular complexity index is 1410. The molecule has 0 aliphatic heterocycles. The van der Waals surface area contributed by atoms with Crippen LogP contribution in [0.1, 0.15) is 17.3 Å². The van der Waals surface area contributed by atoms with Gasteiger partial charge >= 0.3 is 0 Å². The maximum atomic E-state index is 12.4. The Balaban J connectivity index is 1.58. The first-order valence-corrected chi connectivity index (χ1v) is 10.2. The molecule has 2 aromatic heterocycles. The van der Waals surface area contributed by atoms with Gasteiger partial charge in [0.1, 0.15) is 23.7 Å². The lowest BCUT2D eigenvalue weighted by Gasteiger charge is -2.13. The first-order valence-electron chi connectivity index (χ1n) is 10.2. The van der Waals surface area contributed by atoms with Gasteiger partial charge in [-0.05, 0) is 55.3 Å². The smallest absolute Gasteiger partial charge is 0.300 e. The molecule has 0 atom stereocenters. The van der Waals surface area contributed by atoms with Crippen LogP contribution in [0.2, 0.25) is 0 Å². The SMILES string of the molecule is CC#CC(=O)Nc1cc2c(Nc3ccc(C(=O)Nc4ccccn4)cc3)ncnc2cc1OC. The number of benzene rings is 2. The zero-order chi connectivity index (χ0) is 23.9. The van der Waals surface area contributed by atoms with Crippen molar-refractivity contribution in [2.45, 2.75) is 6.92 Å². The maximum absolute atomic E-state index is 12.4. The number of anilines is 4. The average Bonchev–Trinajstić information content (AvgIpc) is 2.85. The lowest BCUT2D eigenvalue weighted by Crippen LogP contribution is -2.12. The Labute approximate surface area is 195 Å². The molecular weight excluding hydrogens is 432 g/mol. The fourth-order valence-corrected chi connectivity index (χ4v) is 3.18. The lowest BCUT2D eigenvalue weighted by molar-refractivity contribution is -0.111. The van der Waals surface area contributed by atoms with E-state index in [4.69, 9.17) is 4.74 Å². The van der Waals surface area contributed by atoms with Gasteiger partial charge in [0.2, 0.25) is 0 Å². The number of rotatable bonds is 6. The molecule has 2 heterocycles. The number of carbonyl (C=O) groups is 2. The summed E-state index contributed by atoms with van der Waals surface area (Å²) in [5, 5.41) is 9.36. The van der Waals surface area contributed by atoms with E-state index in [0.29, 0.717) is 45.2 Å². The summed E-state index contributed by atoms with van der Waals surface area (Å²) in [5.74, 6) is 5.73. The number of aromatic nitrogens is 3. The standard InChI is InChI=1S/C25H20N6O3/c1-3-6-23(32)30-20-13-18-19(14-21(20)34-2)27-15-28-24(18)29-17-10-8-16(9-11-17)25(33)31-22-7-4-5-12-26-22/h4-5,7-15H,1-2H3,(H,30,32)(H,26,31,33)(H,27,28,29). The number of fused-ring (bicyclic) bond motifs is 1. The number of ether oxygens (including phenoxy) is 1. The van der Waals surface area contributed by atoms with E-state index in [0.717, 1.165) is 0 Å². The summed E-state index contributed by atoms with van der Waals surface area (Å²) in [7, 11) is 1.51. The first kappa shape index (κ1) is 22.2.